The lowest BCUT2D eigenvalue weighted by atomic mass is 9.95. The molecule has 1 aliphatic rings. The maximum absolute atomic E-state index is 12.9. The number of carbonyl (C=O) groups is 1. The summed E-state index contributed by atoms with van der Waals surface area (Å²) in [6.07, 6.45) is 0. The van der Waals surface area contributed by atoms with E-state index in [0.717, 1.165) is 16.6 Å². The smallest absolute Gasteiger partial charge is 0.338 e. The van der Waals surface area contributed by atoms with E-state index in [-0.39, 0.29) is 12.4 Å². The number of aromatic nitrogens is 2. The van der Waals surface area contributed by atoms with E-state index in [1.54, 1.807) is 31.4 Å². The minimum absolute atomic E-state index is 0.165. The maximum atomic E-state index is 12.9. The highest BCUT2D eigenvalue weighted by Gasteiger charge is 2.34. The third-order valence-electron chi connectivity index (χ3n) is 4.78. The predicted octanol–water partition coefficient (Wildman–Crippen LogP) is 3.22. The highest BCUT2D eigenvalue weighted by Crippen LogP contribution is 2.39. The maximum Gasteiger partial charge on any atom is 0.338 e. The molecular weight excluding hydrogens is 358 g/mol. The van der Waals surface area contributed by atoms with Crippen molar-refractivity contribution in [1.82, 2.24) is 9.55 Å². The number of allylic oxidation sites excluding steroid dienone is 1. The van der Waals surface area contributed by atoms with Gasteiger partial charge in [-0.05, 0) is 36.8 Å². The third-order valence-corrected chi connectivity index (χ3v) is 4.78. The Kier molecular flexibility index (Phi) is 4.75. The lowest BCUT2D eigenvalue weighted by molar-refractivity contribution is -0.140. The molecule has 0 amide bonds. The summed E-state index contributed by atoms with van der Waals surface area (Å²) in [6.45, 7) is 2.34. The average molecular weight is 379 g/mol. The van der Waals surface area contributed by atoms with Gasteiger partial charge in [0, 0.05) is 12.8 Å². The van der Waals surface area contributed by atoms with Gasteiger partial charge in [-0.1, -0.05) is 24.3 Å². The van der Waals surface area contributed by atoms with E-state index >= 15 is 0 Å². The number of methoxy groups -OCH3 is 1. The van der Waals surface area contributed by atoms with Crippen molar-refractivity contribution >= 4 is 23.0 Å². The van der Waals surface area contributed by atoms with Crippen LogP contribution in [-0.2, 0) is 14.3 Å². The molecule has 1 atom stereocenters. The zero-order valence-electron chi connectivity index (χ0n) is 15.7. The summed E-state index contributed by atoms with van der Waals surface area (Å²) in [5, 5.41) is 12.9. The van der Waals surface area contributed by atoms with Crippen LogP contribution in [0.5, 0.6) is 5.75 Å². The van der Waals surface area contributed by atoms with E-state index in [2.05, 4.69) is 10.3 Å². The first-order chi connectivity index (χ1) is 13.6. The van der Waals surface area contributed by atoms with Crippen LogP contribution in [0.25, 0.3) is 11.0 Å². The van der Waals surface area contributed by atoms with Crippen LogP contribution in [0, 0.1) is 0 Å². The number of anilines is 1. The Hall–Kier alpha value is -3.32. The standard InChI is InChI=1S/C21H21N3O4/c1-13-18(20(26)28-12-11-27-2)19(14-7-9-15(25)10-8-14)24-17-6-4-3-5-16(17)23-21(24)22-13/h3-10,19,25H,11-12H2,1-2H3,(H,22,23)/t19-/m1/s1. The van der Waals surface area contributed by atoms with Gasteiger partial charge in [-0.3, -0.25) is 4.57 Å². The molecule has 0 unspecified atom stereocenters. The SMILES string of the molecule is COCCOC(=O)C1=C(C)Nc2nc3ccccc3n2[C@@H]1c1ccc(O)cc1. The molecular formula is C21H21N3O4. The van der Waals surface area contributed by atoms with E-state index in [0.29, 0.717) is 23.8 Å². The lowest BCUT2D eigenvalue weighted by Crippen LogP contribution is -2.29. The number of hydrogen-bond acceptors (Lipinski definition) is 6. The highest BCUT2D eigenvalue weighted by atomic mass is 16.6. The minimum Gasteiger partial charge on any atom is -0.508 e. The summed E-state index contributed by atoms with van der Waals surface area (Å²) >= 11 is 0. The molecule has 0 saturated carbocycles. The number of rotatable bonds is 5. The van der Waals surface area contributed by atoms with Crippen LogP contribution in [0.4, 0.5) is 5.95 Å². The summed E-state index contributed by atoms with van der Waals surface area (Å²) in [6, 6.07) is 14.2. The topological polar surface area (TPSA) is 85.6 Å². The van der Waals surface area contributed by atoms with E-state index in [1.807, 2.05) is 35.8 Å². The van der Waals surface area contributed by atoms with E-state index < -0.39 is 12.0 Å². The summed E-state index contributed by atoms with van der Waals surface area (Å²) < 4.78 is 12.4. The monoisotopic (exact) mass is 379 g/mol. The fourth-order valence-corrected chi connectivity index (χ4v) is 3.50. The van der Waals surface area contributed by atoms with Crippen molar-refractivity contribution in [3.05, 3.63) is 65.4 Å². The Morgan fingerprint density at radius 2 is 1.93 bits per heavy atom. The van der Waals surface area contributed by atoms with Crippen molar-refractivity contribution in [2.75, 3.05) is 25.6 Å². The molecule has 2 aromatic carbocycles. The van der Waals surface area contributed by atoms with Gasteiger partial charge in [0.2, 0.25) is 5.95 Å². The molecule has 0 bridgehead atoms. The van der Waals surface area contributed by atoms with Crippen molar-refractivity contribution in [1.29, 1.82) is 0 Å². The minimum atomic E-state index is -0.431. The van der Waals surface area contributed by atoms with Crippen molar-refractivity contribution in [2.24, 2.45) is 0 Å². The number of ether oxygens (including phenoxy) is 2. The summed E-state index contributed by atoms with van der Waals surface area (Å²) in [4.78, 5) is 17.6. The van der Waals surface area contributed by atoms with Crippen LogP contribution in [0.3, 0.4) is 0 Å². The number of phenolic OH excluding ortho intramolecular Hbond substituents is 1. The van der Waals surface area contributed by atoms with Crippen LogP contribution >= 0.6 is 0 Å². The number of carbonyl (C=O) groups excluding carboxylic acids is 1. The molecule has 3 aromatic rings. The number of nitrogens with one attached hydrogen (secondary N) is 1. The number of hydrogen-bond donors (Lipinski definition) is 2. The molecule has 28 heavy (non-hydrogen) atoms. The third kappa shape index (κ3) is 3.10. The van der Waals surface area contributed by atoms with Crippen LogP contribution < -0.4 is 5.32 Å². The zero-order valence-corrected chi connectivity index (χ0v) is 15.7. The van der Waals surface area contributed by atoms with E-state index in [9.17, 15) is 9.90 Å². The van der Waals surface area contributed by atoms with Gasteiger partial charge in [-0.15, -0.1) is 0 Å². The lowest BCUT2D eigenvalue weighted by Gasteiger charge is -2.30. The molecule has 2 heterocycles. The van der Waals surface area contributed by atoms with Gasteiger partial charge in [0.05, 0.1) is 29.3 Å². The Balaban J connectivity index is 1.86. The quantitative estimate of drug-likeness (QED) is 0.523. The first-order valence-electron chi connectivity index (χ1n) is 9.00. The Morgan fingerprint density at radius 3 is 2.68 bits per heavy atom. The van der Waals surface area contributed by atoms with Gasteiger partial charge < -0.3 is 19.9 Å². The number of aromatic hydroxyl groups is 1. The van der Waals surface area contributed by atoms with Gasteiger partial charge in [0.25, 0.3) is 0 Å². The van der Waals surface area contributed by atoms with Crippen LogP contribution in [0.1, 0.15) is 18.5 Å². The average Bonchev–Trinajstić information content (AvgIpc) is 3.05. The molecule has 0 fully saturated rings. The number of phenols is 1. The molecule has 2 N–H and O–H groups in total. The van der Waals surface area contributed by atoms with Crippen molar-refractivity contribution < 1.29 is 19.4 Å². The number of fused-ring (bicyclic) bond motifs is 3. The number of imidazole rings is 1. The molecule has 7 heteroatoms. The van der Waals surface area contributed by atoms with Crippen molar-refractivity contribution in [2.45, 2.75) is 13.0 Å². The van der Waals surface area contributed by atoms with Crippen LogP contribution in [0.15, 0.2) is 59.8 Å². The van der Waals surface area contributed by atoms with E-state index in [4.69, 9.17) is 9.47 Å². The second-order valence-corrected chi connectivity index (χ2v) is 6.58. The first-order valence-corrected chi connectivity index (χ1v) is 9.00. The Labute approximate surface area is 162 Å². The predicted molar refractivity (Wildman–Crippen MR) is 105 cm³/mol. The van der Waals surface area contributed by atoms with Crippen molar-refractivity contribution in [3.63, 3.8) is 0 Å². The fraction of sp³-hybridized carbons (Fsp3) is 0.238. The largest absolute Gasteiger partial charge is 0.508 e. The Bertz CT molecular complexity index is 1050. The summed E-state index contributed by atoms with van der Waals surface area (Å²) in [5.74, 6) is 0.409. The highest BCUT2D eigenvalue weighted by molar-refractivity contribution is 5.94. The molecule has 1 aliphatic heterocycles. The van der Waals surface area contributed by atoms with Crippen LogP contribution in [-0.4, -0.2) is 41.0 Å². The second kappa shape index (κ2) is 7.36. The molecule has 0 radical (unpaired) electrons. The van der Waals surface area contributed by atoms with Gasteiger partial charge in [0.1, 0.15) is 12.4 Å². The number of nitrogens with zero attached hydrogens (tertiary/aromatic N) is 2. The Morgan fingerprint density at radius 1 is 1.18 bits per heavy atom. The molecule has 1 aromatic heterocycles. The molecule has 144 valence electrons. The molecule has 0 saturated heterocycles. The molecule has 7 nitrogen and oxygen atoms in total. The molecule has 4 rings (SSSR count). The van der Waals surface area contributed by atoms with Crippen molar-refractivity contribution in [3.8, 4) is 5.75 Å². The first kappa shape index (κ1) is 18.1. The fourth-order valence-electron chi connectivity index (χ4n) is 3.50. The summed E-state index contributed by atoms with van der Waals surface area (Å²) in [7, 11) is 1.56. The zero-order chi connectivity index (χ0) is 19.7. The number of para-hydroxylation sites is 2. The summed E-state index contributed by atoms with van der Waals surface area (Å²) in [5.41, 5.74) is 3.76. The van der Waals surface area contributed by atoms with Gasteiger partial charge in [-0.25, -0.2) is 9.78 Å². The molecule has 0 spiro atoms. The van der Waals surface area contributed by atoms with Gasteiger partial charge in [-0.2, -0.15) is 0 Å². The van der Waals surface area contributed by atoms with E-state index in [1.165, 1.54) is 0 Å². The van der Waals surface area contributed by atoms with Gasteiger partial charge in [0.15, 0.2) is 0 Å². The van der Waals surface area contributed by atoms with Gasteiger partial charge >= 0.3 is 5.97 Å². The number of benzene rings is 2. The second-order valence-electron chi connectivity index (χ2n) is 6.58. The molecule has 0 aliphatic carbocycles. The van der Waals surface area contributed by atoms with Crippen LogP contribution in [0.2, 0.25) is 0 Å². The number of esters is 1. The normalized spacial score (nSPS) is 16.0.